The molecule has 0 unspecified atom stereocenters. The summed E-state index contributed by atoms with van der Waals surface area (Å²) in [4.78, 5) is 36.7. The van der Waals surface area contributed by atoms with Gasteiger partial charge in [0, 0.05) is 0 Å². The van der Waals surface area contributed by atoms with Gasteiger partial charge in [-0.2, -0.15) is 0 Å². The molecule has 41 heavy (non-hydrogen) atoms. The maximum atomic E-state index is 5.94. The van der Waals surface area contributed by atoms with Gasteiger partial charge in [0.15, 0.2) is 0 Å². The van der Waals surface area contributed by atoms with E-state index in [1.54, 1.807) is 0 Å². The van der Waals surface area contributed by atoms with Crippen LogP contribution in [0.4, 0.5) is 0 Å². The first kappa shape index (κ1) is 22.6. The number of fused-ring (bicyclic) bond motifs is 20. The van der Waals surface area contributed by atoms with Gasteiger partial charge in [-0.25, -0.2) is 0 Å². The van der Waals surface area contributed by atoms with Crippen molar-refractivity contribution in [2.75, 3.05) is 0 Å². The van der Waals surface area contributed by atoms with Gasteiger partial charge < -0.3 is 0 Å². The van der Waals surface area contributed by atoms with Crippen LogP contribution in [0.2, 0.25) is 0 Å². The van der Waals surface area contributed by atoms with Crippen molar-refractivity contribution >= 4 is 48.6 Å². The van der Waals surface area contributed by atoms with Crippen molar-refractivity contribution < 1.29 is 16.0 Å². The number of H-pyrrole nitrogens is 2. The molecule has 2 aliphatic rings. The van der Waals surface area contributed by atoms with Crippen LogP contribution >= 0.6 is 0 Å². The minimum absolute atomic E-state index is 0.553. The number of nitrogens with one attached hydrogen (secondary N) is 2. The van der Waals surface area contributed by atoms with Crippen molar-refractivity contribution in [3.63, 3.8) is 0 Å². The van der Waals surface area contributed by atoms with Crippen molar-refractivity contribution in [1.82, 2.24) is 39.9 Å². The van der Waals surface area contributed by atoms with E-state index in [0.717, 1.165) is 43.8 Å². The molecule has 2 N–H and O–H groups in total. The van der Waals surface area contributed by atoms with E-state index < -0.39 is 0 Å². The van der Waals surface area contributed by atoms with Crippen molar-refractivity contribution in [3.05, 3.63) is 91.0 Å². The van der Waals surface area contributed by atoms with Crippen LogP contribution in [0, 0.1) is 0 Å². The van der Waals surface area contributed by atoms with Crippen molar-refractivity contribution in [2.45, 2.75) is 0 Å². The molecule has 0 amide bonds. The Bertz CT molecular complexity index is 2400. The topological polar surface area (TPSA) is 109 Å². The van der Waals surface area contributed by atoms with Crippen LogP contribution in [0.1, 0.15) is 0 Å². The molecule has 0 atom stereocenters. The summed E-state index contributed by atoms with van der Waals surface area (Å²) in [5.41, 5.74) is 6.16. The van der Waals surface area contributed by atoms with Gasteiger partial charge >= 0.3 is 235 Å². The molecule has 7 aromatic rings. The summed E-state index contributed by atoms with van der Waals surface area (Å²) in [7, 11) is 0. The molecular formula is C32H17CuN8. The summed E-state index contributed by atoms with van der Waals surface area (Å²) in [6, 6.07) is 29.8. The molecule has 0 spiro atoms. The second-order valence-corrected chi connectivity index (χ2v) is 10.4. The average Bonchev–Trinajstić information content (AvgIpc) is 3.73. The molecule has 0 radical (unpaired) electrons. The fourth-order valence-electron chi connectivity index (χ4n) is 5.62. The number of benzene rings is 4. The quantitative estimate of drug-likeness (QED) is 0.213. The summed E-state index contributed by atoms with van der Waals surface area (Å²) < 4.78 is 0.659. The van der Waals surface area contributed by atoms with E-state index in [0.29, 0.717) is 50.3 Å². The van der Waals surface area contributed by atoms with Gasteiger partial charge in [-0.15, -0.1) is 0 Å². The number of nitrogens with zero attached hydrogens (tertiary/aromatic N) is 6. The second kappa shape index (κ2) is 8.38. The van der Waals surface area contributed by atoms with E-state index in [1.807, 2.05) is 91.0 Å². The second-order valence-electron chi connectivity index (χ2n) is 9.87. The van der Waals surface area contributed by atoms with Gasteiger partial charge in [0.05, 0.1) is 0 Å². The molecule has 0 saturated carbocycles. The Morgan fingerprint density at radius 2 is 0.780 bits per heavy atom. The Kier molecular flexibility index (Phi) is 4.61. The fraction of sp³-hybridized carbons (Fsp3) is 0. The standard InChI is InChI=1S/C32H17N8.Cu/c1-2-10-18-17(9-1)25-33-26(18)38-28-21-13-5-6-14-22(21)30(35-28)40-32-24-16-8-7-15-23(24)31(36-32)39-29-20-12-4-3-11-19(20)27(34-29)37-25;/h1-15H,(H2,33,34,35,36,37,38,39,40);. The van der Waals surface area contributed by atoms with Gasteiger partial charge in [0.2, 0.25) is 0 Å². The molecule has 9 heteroatoms. The summed E-state index contributed by atoms with van der Waals surface area (Å²) >= 11 is 5.94. The van der Waals surface area contributed by atoms with Crippen molar-refractivity contribution in [2.24, 2.45) is 0 Å². The van der Waals surface area contributed by atoms with E-state index in [4.69, 9.17) is 45.9 Å². The van der Waals surface area contributed by atoms with Crippen LogP contribution < -0.4 is 4.46 Å². The summed E-state index contributed by atoms with van der Waals surface area (Å²) in [6.45, 7) is 0. The van der Waals surface area contributed by atoms with Gasteiger partial charge in [-0.3, -0.25) is 0 Å². The maximum absolute atomic E-state index is 5.94. The molecular weight excluding hydrogens is 560 g/mol. The summed E-state index contributed by atoms with van der Waals surface area (Å²) in [6.07, 6.45) is 0. The van der Waals surface area contributed by atoms with Crippen molar-refractivity contribution in [1.29, 1.82) is 0 Å². The van der Waals surface area contributed by atoms with E-state index in [-0.39, 0.29) is 0 Å². The molecule has 8 nitrogen and oxygen atoms in total. The fourth-order valence-corrected chi connectivity index (χ4v) is 5.95. The van der Waals surface area contributed by atoms with Gasteiger partial charge in [-0.1, -0.05) is 6.07 Å². The third-order valence-corrected chi connectivity index (χ3v) is 7.89. The zero-order valence-corrected chi connectivity index (χ0v) is 22.1. The summed E-state index contributed by atoms with van der Waals surface area (Å²) in [5.74, 6) is 2.26. The molecule has 0 aliphatic carbocycles. The molecule has 9 rings (SSSR count). The third-order valence-electron chi connectivity index (χ3n) is 7.50. The molecule has 196 valence electrons. The minimum atomic E-state index is 0.553. The Morgan fingerprint density at radius 3 is 1.29 bits per heavy atom. The third kappa shape index (κ3) is 3.34. The van der Waals surface area contributed by atoms with E-state index in [1.165, 1.54) is 0 Å². The van der Waals surface area contributed by atoms with E-state index >= 15 is 0 Å². The number of aromatic nitrogens is 8. The van der Waals surface area contributed by atoms with Crippen molar-refractivity contribution in [3.8, 4) is 45.6 Å². The zero-order chi connectivity index (χ0) is 27.1. The normalized spacial score (nSPS) is 12.0. The number of rotatable bonds is 0. The number of aromatic amines is 2. The van der Waals surface area contributed by atoms with Crippen LogP contribution in [0.15, 0.2) is 91.0 Å². The first-order valence-corrected chi connectivity index (χ1v) is 13.5. The Labute approximate surface area is 240 Å². The Hall–Kier alpha value is -5.24. The number of hydrogen-bond acceptors (Lipinski definition) is 6. The average molecular weight is 577 g/mol. The van der Waals surface area contributed by atoms with Gasteiger partial charge in [0.25, 0.3) is 0 Å². The molecule has 0 fully saturated rings. The SMILES string of the molecule is [Cu][c]1cccc2c3nc4nc(nc5[nH]c(nc6nc(nc([nH]3)c12)-c1ccccc1-6)c1ccccc51)-c1ccccc1-4. The Morgan fingerprint density at radius 1 is 0.390 bits per heavy atom. The van der Waals surface area contributed by atoms with Gasteiger partial charge in [0.1, 0.15) is 0 Å². The first-order chi connectivity index (χ1) is 20.2. The van der Waals surface area contributed by atoms with Crippen LogP contribution in [0.5, 0.6) is 0 Å². The van der Waals surface area contributed by atoms with Crippen LogP contribution in [-0.4, -0.2) is 39.9 Å². The summed E-state index contributed by atoms with van der Waals surface area (Å²) in [5, 5.41) is 3.55. The van der Waals surface area contributed by atoms with Crippen LogP contribution in [0.25, 0.3) is 89.7 Å². The Balaban J connectivity index is 1.52. The zero-order valence-electron chi connectivity index (χ0n) is 21.1. The molecule has 4 aromatic carbocycles. The van der Waals surface area contributed by atoms with E-state index in [2.05, 4.69) is 9.97 Å². The molecule has 8 bridgehead atoms. The molecule has 5 heterocycles. The molecule has 2 aliphatic heterocycles. The van der Waals surface area contributed by atoms with Crippen LogP contribution in [0.3, 0.4) is 0 Å². The van der Waals surface area contributed by atoms with Gasteiger partial charge in [-0.05, 0) is 0 Å². The predicted octanol–water partition coefficient (Wildman–Crippen LogP) is 6.04. The monoisotopic (exact) mass is 576 g/mol. The predicted molar refractivity (Wildman–Crippen MR) is 156 cm³/mol. The van der Waals surface area contributed by atoms with E-state index in [9.17, 15) is 0 Å². The first-order valence-electron chi connectivity index (χ1n) is 13.1. The molecule has 3 aromatic heterocycles. The number of hydrogen-bond donors (Lipinski definition) is 2. The van der Waals surface area contributed by atoms with Crippen LogP contribution in [-0.2, 0) is 16.0 Å². The molecule has 0 saturated heterocycles.